The van der Waals surface area contributed by atoms with Gasteiger partial charge in [-0.05, 0) is 38.5 Å². The van der Waals surface area contributed by atoms with Crippen molar-refractivity contribution in [2.75, 3.05) is 19.1 Å². The Morgan fingerprint density at radius 1 is 1.18 bits per heavy atom. The van der Waals surface area contributed by atoms with E-state index in [1.54, 1.807) is 32.2 Å². The number of fused-ring (bicyclic) bond motifs is 1. The number of aromatic nitrogens is 5. The molecule has 0 aliphatic carbocycles. The molecule has 0 aromatic carbocycles. The summed E-state index contributed by atoms with van der Waals surface area (Å²) in [7, 11) is 4.50. The summed E-state index contributed by atoms with van der Waals surface area (Å²) in [6, 6.07) is 0.640. The van der Waals surface area contributed by atoms with Gasteiger partial charge < -0.3 is 18.6 Å². The van der Waals surface area contributed by atoms with E-state index in [2.05, 4.69) is 16.5 Å². The minimum atomic E-state index is -0.787. The summed E-state index contributed by atoms with van der Waals surface area (Å²) in [5.74, 6) is 0.181. The van der Waals surface area contributed by atoms with Crippen molar-refractivity contribution in [2.45, 2.75) is 32.9 Å². The van der Waals surface area contributed by atoms with Crippen LogP contribution in [0, 0.1) is 0 Å². The van der Waals surface area contributed by atoms with Crippen LogP contribution in [0.5, 0.6) is 11.9 Å². The number of halogens is 2. The lowest BCUT2D eigenvalue weighted by Crippen LogP contribution is -2.36. The van der Waals surface area contributed by atoms with Gasteiger partial charge in [0.15, 0.2) is 5.69 Å². The summed E-state index contributed by atoms with van der Waals surface area (Å²) in [6.07, 6.45) is 8.14. The monoisotopic (exact) mass is 570 g/mol. The highest BCUT2D eigenvalue weighted by atomic mass is 35.5. The van der Waals surface area contributed by atoms with Crippen LogP contribution in [0.25, 0.3) is 11.4 Å². The van der Waals surface area contributed by atoms with Crippen LogP contribution in [0.1, 0.15) is 49.0 Å². The Hall–Kier alpha value is -3.89. The van der Waals surface area contributed by atoms with E-state index in [4.69, 9.17) is 37.7 Å². The second-order valence-corrected chi connectivity index (χ2v) is 9.90. The number of aryl methyl sites for hydroxylation is 1. The van der Waals surface area contributed by atoms with Gasteiger partial charge in [-0.2, -0.15) is 4.98 Å². The molecule has 0 saturated heterocycles. The van der Waals surface area contributed by atoms with Crippen LogP contribution >= 0.6 is 23.2 Å². The predicted molar refractivity (Wildman–Crippen MR) is 151 cm³/mol. The third-order valence-corrected chi connectivity index (χ3v) is 6.78. The van der Waals surface area contributed by atoms with Gasteiger partial charge in [-0.1, -0.05) is 41.9 Å². The van der Waals surface area contributed by atoms with Crippen LogP contribution in [0.2, 0.25) is 5.02 Å². The van der Waals surface area contributed by atoms with Gasteiger partial charge in [-0.3, -0.25) is 14.5 Å². The Labute approximate surface area is 235 Å². The molecule has 1 aliphatic heterocycles. The number of hydrogen-bond donors (Lipinski definition) is 0. The van der Waals surface area contributed by atoms with Gasteiger partial charge in [0.05, 0.1) is 30.5 Å². The van der Waals surface area contributed by atoms with Crippen LogP contribution in [0.3, 0.4) is 0 Å². The molecule has 3 aromatic heterocycles. The van der Waals surface area contributed by atoms with Crippen LogP contribution < -0.4 is 19.9 Å². The molecule has 39 heavy (non-hydrogen) atoms. The van der Waals surface area contributed by atoms with Crippen molar-refractivity contribution in [2.24, 2.45) is 7.05 Å². The Kier molecular flexibility index (Phi) is 7.99. The van der Waals surface area contributed by atoms with Crippen molar-refractivity contribution in [3.05, 3.63) is 80.6 Å². The number of ether oxygens (including phenoxy) is 2. The van der Waals surface area contributed by atoms with Crippen molar-refractivity contribution in [3.8, 4) is 23.3 Å². The summed E-state index contributed by atoms with van der Waals surface area (Å²) in [6.45, 7) is 9.97. The van der Waals surface area contributed by atoms with Crippen molar-refractivity contribution >= 4 is 34.8 Å². The molecule has 0 saturated carbocycles. The molecule has 0 N–H and O–H groups in total. The van der Waals surface area contributed by atoms with Crippen LogP contribution in [-0.2, 0) is 7.05 Å². The minimum Gasteiger partial charge on any atom is -0.480 e. The number of pyridine rings is 1. The quantitative estimate of drug-likeness (QED) is 0.341. The van der Waals surface area contributed by atoms with E-state index in [1.807, 2.05) is 18.4 Å². The topological polar surface area (TPSA) is 104 Å². The van der Waals surface area contributed by atoms with E-state index in [-0.39, 0.29) is 29.3 Å². The molecule has 4 rings (SSSR count). The average molecular weight is 571 g/mol. The molecule has 1 atom stereocenters. The second-order valence-electron chi connectivity index (χ2n) is 9.03. The first-order valence-electron chi connectivity index (χ1n) is 12.0. The number of rotatable bonds is 8. The molecular weight excluding hydrogens is 543 g/mol. The van der Waals surface area contributed by atoms with Gasteiger partial charge in [0, 0.05) is 30.5 Å². The molecule has 0 bridgehead atoms. The highest BCUT2D eigenvalue weighted by Gasteiger charge is 2.46. The zero-order chi connectivity index (χ0) is 28.6. The van der Waals surface area contributed by atoms with Crippen molar-refractivity contribution < 1.29 is 14.3 Å². The summed E-state index contributed by atoms with van der Waals surface area (Å²) in [5, 5.41) is 0.790. The van der Waals surface area contributed by atoms with Crippen molar-refractivity contribution in [3.63, 3.8) is 0 Å². The molecule has 0 fully saturated rings. The molecule has 1 aliphatic rings. The number of carbonyl (C=O) groups excluding carboxylic acids is 1. The lowest BCUT2D eigenvalue weighted by molar-refractivity contribution is 0.0989. The molecule has 0 radical (unpaired) electrons. The molecule has 0 spiro atoms. The summed E-state index contributed by atoms with van der Waals surface area (Å²) in [5.41, 5.74) is 1.40. The number of methoxy groups -OCH3 is 2. The summed E-state index contributed by atoms with van der Waals surface area (Å²) >= 11 is 12.5. The van der Waals surface area contributed by atoms with Gasteiger partial charge in [-0.25, -0.2) is 9.97 Å². The Morgan fingerprint density at radius 2 is 1.90 bits per heavy atom. The fourth-order valence-electron chi connectivity index (χ4n) is 4.48. The van der Waals surface area contributed by atoms with Gasteiger partial charge >= 0.3 is 6.01 Å². The second kappa shape index (κ2) is 11.1. The van der Waals surface area contributed by atoms with Gasteiger partial charge in [0.1, 0.15) is 17.6 Å². The fourth-order valence-corrected chi connectivity index (χ4v) is 4.79. The Balaban J connectivity index is 2.01. The Morgan fingerprint density at radius 3 is 2.51 bits per heavy atom. The molecule has 12 heteroatoms. The highest BCUT2D eigenvalue weighted by Crippen LogP contribution is 2.45. The molecule has 4 heterocycles. The zero-order valence-corrected chi connectivity index (χ0v) is 23.9. The van der Waals surface area contributed by atoms with E-state index in [1.165, 1.54) is 42.1 Å². The molecule has 1 amide bonds. The fraction of sp³-hybridized carbons (Fsp3) is 0.296. The average Bonchev–Trinajstić information content (AvgIpc) is 3.43. The number of nitrogens with zero attached hydrogens (tertiary/aromatic N) is 6. The van der Waals surface area contributed by atoms with Gasteiger partial charge in [0.25, 0.3) is 11.5 Å². The number of anilines is 1. The zero-order valence-electron chi connectivity index (χ0n) is 22.4. The number of hydrogen-bond acceptors (Lipinski definition) is 7. The predicted octanol–water partition coefficient (Wildman–Crippen LogP) is 5.25. The third-order valence-electron chi connectivity index (χ3n) is 6.23. The van der Waals surface area contributed by atoms with Crippen molar-refractivity contribution in [1.82, 2.24) is 24.1 Å². The maximum atomic E-state index is 14.0. The minimum absolute atomic E-state index is 0.104. The molecule has 10 nitrogen and oxygen atoms in total. The molecular formula is C27H28Cl2N6O4. The van der Waals surface area contributed by atoms with E-state index in [0.717, 1.165) is 0 Å². The maximum Gasteiger partial charge on any atom is 0.319 e. The highest BCUT2D eigenvalue weighted by molar-refractivity contribution is 6.31. The van der Waals surface area contributed by atoms with E-state index < -0.39 is 17.5 Å². The third kappa shape index (κ3) is 4.97. The van der Waals surface area contributed by atoms with Crippen molar-refractivity contribution in [1.29, 1.82) is 0 Å². The smallest absolute Gasteiger partial charge is 0.319 e. The SMILES string of the molecule is C=C(/C=C\C(Cl)=C/C)[C@H]1c2c(nc(-c3cnc(OC)nc3OC)n2C(C)C)C(=O)N1c1cc(Cl)cn(C)c1=O. The first kappa shape index (κ1) is 28.1. The number of amides is 1. The molecule has 204 valence electrons. The first-order valence-corrected chi connectivity index (χ1v) is 12.7. The maximum absolute atomic E-state index is 14.0. The van der Waals surface area contributed by atoms with Crippen LogP contribution in [0.15, 0.2) is 58.7 Å². The van der Waals surface area contributed by atoms with Crippen LogP contribution in [0.4, 0.5) is 5.69 Å². The lowest BCUT2D eigenvalue weighted by Gasteiger charge is -2.28. The summed E-state index contributed by atoms with van der Waals surface area (Å²) in [4.78, 5) is 41.9. The van der Waals surface area contributed by atoms with Gasteiger partial charge in [0.2, 0.25) is 5.88 Å². The van der Waals surface area contributed by atoms with E-state index in [0.29, 0.717) is 32.7 Å². The number of imidazole rings is 1. The first-order chi connectivity index (χ1) is 18.5. The summed E-state index contributed by atoms with van der Waals surface area (Å²) < 4.78 is 13.9. The Bertz CT molecular complexity index is 1590. The largest absolute Gasteiger partial charge is 0.480 e. The number of carbonyl (C=O) groups is 1. The number of allylic oxidation sites excluding steroid dienone is 3. The molecule has 3 aromatic rings. The lowest BCUT2D eigenvalue weighted by atomic mass is 10.0. The van der Waals surface area contributed by atoms with E-state index in [9.17, 15) is 9.59 Å². The van der Waals surface area contributed by atoms with Crippen LogP contribution in [-0.4, -0.2) is 44.2 Å². The molecule has 0 unspecified atom stereocenters. The van der Waals surface area contributed by atoms with E-state index >= 15 is 0 Å². The standard InChI is InChI=1S/C27H28Cl2N6O4/c1-8-16(28)10-9-15(4)21-22-20(26(37)35(21)19-11-17(29)13-33(5)25(19)36)31-23(34(22)14(2)3)18-12-30-27(39-7)32-24(18)38-6/h8-14,21H,4H2,1-3,5-7H3/b10-9-,16-8+/t21-/m0/s1. The van der Waals surface area contributed by atoms with Gasteiger partial charge in [-0.15, -0.1) is 0 Å². The normalized spacial score (nSPS) is 15.4.